The topological polar surface area (TPSA) is 122 Å². The van der Waals surface area contributed by atoms with E-state index in [0.29, 0.717) is 37.9 Å². The average molecular weight is 659 g/mol. The Morgan fingerprint density at radius 2 is 1.68 bits per heavy atom. The number of benzene rings is 3. The minimum atomic E-state index is -1.05. The van der Waals surface area contributed by atoms with E-state index in [1.54, 1.807) is 28.1 Å². The van der Waals surface area contributed by atoms with Crippen molar-refractivity contribution >= 4 is 23.0 Å². The zero-order valence-corrected chi connectivity index (χ0v) is 27.4. The second kappa shape index (κ2) is 14.4. The molecule has 0 spiro atoms. The first-order valence-electron chi connectivity index (χ1n) is 15.7. The molecule has 2 N–H and O–H groups in total. The fourth-order valence-electron chi connectivity index (χ4n) is 5.50. The van der Waals surface area contributed by atoms with Gasteiger partial charge in [-0.15, -0.1) is 0 Å². The zero-order valence-electron chi connectivity index (χ0n) is 26.7. The van der Waals surface area contributed by atoms with Crippen LogP contribution in [-0.2, 0) is 21.8 Å². The van der Waals surface area contributed by atoms with Crippen molar-refractivity contribution in [1.82, 2.24) is 29.3 Å². The van der Waals surface area contributed by atoms with Gasteiger partial charge in [-0.2, -0.15) is 20.1 Å². The minimum Gasteiger partial charge on any atom is -0.491 e. The molecule has 1 aliphatic rings. The van der Waals surface area contributed by atoms with E-state index >= 15 is 0 Å². The molecule has 3 atom stereocenters. The molecule has 0 saturated carbocycles. The molecule has 13 heteroatoms. The summed E-state index contributed by atoms with van der Waals surface area (Å²) >= 11 is 6.22. The van der Waals surface area contributed by atoms with Gasteiger partial charge in [0.2, 0.25) is 5.79 Å². The van der Waals surface area contributed by atoms with Crippen LogP contribution < -0.4 is 21.1 Å². The molecule has 47 heavy (non-hydrogen) atoms. The van der Waals surface area contributed by atoms with Crippen LogP contribution in [0.2, 0.25) is 5.02 Å². The minimum absolute atomic E-state index is 0.0614. The van der Waals surface area contributed by atoms with Crippen molar-refractivity contribution in [2.45, 2.75) is 51.7 Å². The maximum Gasteiger partial charge on any atom is 0.350 e. The Kier molecular flexibility index (Phi) is 9.90. The van der Waals surface area contributed by atoms with Crippen molar-refractivity contribution in [3.63, 3.8) is 0 Å². The van der Waals surface area contributed by atoms with Crippen LogP contribution >= 0.6 is 11.6 Å². The van der Waals surface area contributed by atoms with E-state index in [4.69, 9.17) is 25.8 Å². The summed E-state index contributed by atoms with van der Waals surface area (Å²) in [5, 5.41) is 20.2. The number of aromatic nitrogens is 6. The molecule has 12 nitrogen and oxygen atoms in total. The maximum atomic E-state index is 12.7. The Labute approximate surface area is 278 Å². The van der Waals surface area contributed by atoms with Crippen molar-refractivity contribution < 1.29 is 14.2 Å². The van der Waals surface area contributed by atoms with Crippen molar-refractivity contribution in [2.75, 3.05) is 36.9 Å². The number of hydrogen-bond acceptors (Lipinski definition) is 9. The third-order valence-corrected chi connectivity index (χ3v) is 8.43. The van der Waals surface area contributed by atoms with Gasteiger partial charge in [-0.3, -0.25) is 0 Å². The first kappa shape index (κ1) is 32.3. The summed E-state index contributed by atoms with van der Waals surface area (Å²) in [4.78, 5) is 14.2. The van der Waals surface area contributed by atoms with E-state index in [1.165, 1.54) is 4.68 Å². The molecule has 1 saturated heterocycles. The van der Waals surface area contributed by atoms with Gasteiger partial charge >= 0.3 is 5.69 Å². The number of nitrogens with zero attached hydrogens (tertiary/aromatic N) is 6. The van der Waals surface area contributed by atoms with Crippen molar-refractivity contribution in [3.05, 3.63) is 112 Å². The van der Waals surface area contributed by atoms with Crippen LogP contribution in [0.1, 0.15) is 37.4 Å². The number of nitrogens with one attached hydrogen (secondary N) is 2. The smallest absolute Gasteiger partial charge is 0.350 e. The van der Waals surface area contributed by atoms with E-state index in [9.17, 15) is 4.79 Å². The van der Waals surface area contributed by atoms with E-state index in [0.717, 1.165) is 40.4 Å². The summed E-state index contributed by atoms with van der Waals surface area (Å²) in [6.45, 7) is 8.42. The number of anilines is 2. The van der Waals surface area contributed by atoms with Crippen LogP contribution in [-0.4, -0.2) is 61.7 Å². The standard InChI is InChI=1S/C34H39ClN8O4/c1-4-25(3)43-33(44)41(23-40-43)29-10-6-27(7-11-29)36-15-16-37-28-8-12-30(13-9-28)45-20-31-21-46-34(47-31,22-42-38-17-18-39-42)32-14-5-26(35)19-24(32)2/h5-14,17-19,23,25,31,36-37H,4,15-16,20-22H2,1-3H3/t25?,31-,34-/m1/s1. The molecular formula is C34H39ClN8O4. The van der Waals surface area contributed by atoms with E-state index in [2.05, 4.69) is 25.9 Å². The largest absolute Gasteiger partial charge is 0.491 e. The molecule has 0 amide bonds. The molecule has 3 aromatic carbocycles. The third kappa shape index (κ3) is 7.51. The summed E-state index contributed by atoms with van der Waals surface area (Å²) in [6, 6.07) is 21.3. The van der Waals surface area contributed by atoms with E-state index in [-0.39, 0.29) is 17.8 Å². The van der Waals surface area contributed by atoms with Crippen molar-refractivity contribution in [2.24, 2.45) is 0 Å². The molecule has 3 heterocycles. The van der Waals surface area contributed by atoms with Gasteiger partial charge in [0.25, 0.3) is 0 Å². The number of halogens is 1. The third-order valence-electron chi connectivity index (χ3n) is 8.20. The molecule has 0 bridgehead atoms. The van der Waals surface area contributed by atoms with E-state index in [1.807, 2.05) is 87.5 Å². The molecule has 0 aliphatic carbocycles. The van der Waals surface area contributed by atoms with Gasteiger partial charge in [0.05, 0.1) is 30.7 Å². The Balaban J connectivity index is 0.967. The number of rotatable bonds is 14. The van der Waals surface area contributed by atoms with Gasteiger partial charge in [0, 0.05) is 35.1 Å². The lowest BCUT2D eigenvalue weighted by Crippen LogP contribution is -2.36. The first-order chi connectivity index (χ1) is 22.8. The Morgan fingerprint density at radius 1 is 1.00 bits per heavy atom. The van der Waals surface area contributed by atoms with Crippen molar-refractivity contribution in [3.8, 4) is 11.4 Å². The predicted octanol–water partition coefficient (Wildman–Crippen LogP) is 5.43. The van der Waals surface area contributed by atoms with Gasteiger partial charge < -0.3 is 24.8 Å². The Bertz CT molecular complexity index is 1810. The fourth-order valence-corrected chi connectivity index (χ4v) is 5.73. The normalized spacial score (nSPS) is 18.3. The second-order valence-electron chi connectivity index (χ2n) is 11.5. The summed E-state index contributed by atoms with van der Waals surface area (Å²) < 4.78 is 22.0. The number of aryl methyl sites for hydroxylation is 1. The van der Waals surface area contributed by atoms with Crippen LogP contribution in [0.5, 0.6) is 5.75 Å². The monoisotopic (exact) mass is 658 g/mol. The summed E-state index contributed by atoms with van der Waals surface area (Å²) in [5.41, 5.74) is 4.44. The van der Waals surface area contributed by atoms with E-state index < -0.39 is 5.79 Å². The second-order valence-corrected chi connectivity index (χ2v) is 12.0. The summed E-state index contributed by atoms with van der Waals surface area (Å²) in [7, 11) is 0. The van der Waals surface area contributed by atoms with Gasteiger partial charge in [-0.1, -0.05) is 24.6 Å². The van der Waals surface area contributed by atoms with Gasteiger partial charge in [0.15, 0.2) is 0 Å². The molecule has 6 rings (SSSR count). The Morgan fingerprint density at radius 3 is 2.34 bits per heavy atom. The first-order valence-corrected chi connectivity index (χ1v) is 16.1. The van der Waals surface area contributed by atoms with Crippen LogP contribution in [0.3, 0.4) is 0 Å². The molecule has 0 radical (unpaired) electrons. The predicted molar refractivity (Wildman–Crippen MR) is 180 cm³/mol. The summed E-state index contributed by atoms with van der Waals surface area (Å²) in [6.07, 6.45) is 5.38. The highest BCUT2D eigenvalue weighted by atomic mass is 35.5. The Hall–Kier alpha value is -4.65. The SMILES string of the molecule is CCC(C)n1ncn(-c2ccc(NCCNc3ccc(OC[C@@H]4CO[C@@](Cn5nccn5)(c5ccc(Cl)cc5C)O4)cc3)cc2)c1=O. The molecule has 2 aromatic heterocycles. The molecule has 246 valence electrons. The quantitative estimate of drug-likeness (QED) is 0.150. The molecular weight excluding hydrogens is 620 g/mol. The van der Waals surface area contributed by atoms with Crippen LogP contribution in [0, 0.1) is 6.92 Å². The zero-order chi connectivity index (χ0) is 32.8. The molecule has 5 aromatic rings. The maximum absolute atomic E-state index is 12.7. The lowest BCUT2D eigenvalue weighted by Gasteiger charge is -2.29. The highest BCUT2D eigenvalue weighted by Crippen LogP contribution is 2.38. The molecule has 1 fully saturated rings. The fraction of sp³-hybridized carbons (Fsp3) is 0.353. The van der Waals surface area contributed by atoms with Crippen LogP contribution in [0.4, 0.5) is 11.4 Å². The highest BCUT2D eigenvalue weighted by Gasteiger charge is 2.45. The lowest BCUT2D eigenvalue weighted by atomic mass is 10.00. The van der Waals surface area contributed by atoms with Gasteiger partial charge in [0.1, 0.15) is 31.3 Å². The average Bonchev–Trinajstić information content (AvgIpc) is 3.84. The van der Waals surface area contributed by atoms with Crippen molar-refractivity contribution in [1.29, 1.82) is 0 Å². The molecule has 1 aliphatic heterocycles. The lowest BCUT2D eigenvalue weighted by molar-refractivity contribution is -0.192. The highest BCUT2D eigenvalue weighted by molar-refractivity contribution is 6.30. The molecule has 1 unspecified atom stereocenters. The van der Waals surface area contributed by atoms with Crippen LogP contribution in [0.15, 0.2) is 90.2 Å². The summed E-state index contributed by atoms with van der Waals surface area (Å²) in [5.74, 6) is -0.317. The van der Waals surface area contributed by atoms with Crippen LogP contribution in [0.25, 0.3) is 5.69 Å². The number of ether oxygens (including phenoxy) is 3. The van der Waals surface area contributed by atoms with Gasteiger partial charge in [-0.05, 0) is 86.5 Å². The van der Waals surface area contributed by atoms with Gasteiger partial charge in [-0.25, -0.2) is 14.0 Å². The number of hydrogen-bond donors (Lipinski definition) is 2.